The molecular weight excluding hydrogens is 851 g/mol. The number of carbonyl (C=O) groups is 2. The molecule has 7 rings (SSSR count). The zero-order valence-corrected chi connectivity index (χ0v) is 39.0. The van der Waals surface area contributed by atoms with E-state index < -0.39 is 23.8 Å². The molecule has 67 heavy (non-hydrogen) atoms. The lowest BCUT2D eigenvalue weighted by Gasteiger charge is -2.60. The molecule has 1 heterocycles. The number of ether oxygens (including phenoxy) is 4. The predicted octanol–water partition coefficient (Wildman–Crippen LogP) is 8.62. The van der Waals surface area contributed by atoms with E-state index in [2.05, 4.69) is 18.0 Å². The SMILES string of the molecule is C=CCO[C@@]12Oc3ccc(OC(=O)NCc4ccccc4)cc3[C@H]3[C@H](CCCCO)[C@@H](CCCCO)C=C(C(=NOCc4ccccc4)C[C@@H]1N(CCOCCO)C(=O)CCC1CCCC1)[C@H]32. The number of aliphatic hydroxyl groups excluding tert-OH is 3. The minimum absolute atomic E-state index is 0.0138. The van der Waals surface area contributed by atoms with Crippen LogP contribution in [-0.4, -0.2) is 95.9 Å². The van der Waals surface area contributed by atoms with E-state index in [1.54, 1.807) is 12.1 Å². The smallest absolute Gasteiger partial charge is 0.412 e. The van der Waals surface area contributed by atoms with E-state index in [-0.39, 0.29) is 82.9 Å². The summed E-state index contributed by atoms with van der Waals surface area (Å²) in [7, 11) is 0. The second-order valence-electron chi connectivity index (χ2n) is 18.4. The van der Waals surface area contributed by atoms with Gasteiger partial charge in [-0.1, -0.05) is 116 Å². The molecule has 1 aliphatic heterocycles. The van der Waals surface area contributed by atoms with Gasteiger partial charge in [0.25, 0.3) is 0 Å². The average Bonchev–Trinajstić information content (AvgIpc) is 3.88. The molecule has 0 bridgehead atoms. The van der Waals surface area contributed by atoms with E-state index in [0.29, 0.717) is 48.9 Å². The first-order valence-electron chi connectivity index (χ1n) is 24.6. The van der Waals surface area contributed by atoms with Crippen molar-refractivity contribution in [2.24, 2.45) is 28.8 Å². The van der Waals surface area contributed by atoms with E-state index in [1.165, 1.54) is 12.8 Å². The molecule has 2 fully saturated rings. The number of fused-ring (bicyclic) bond motifs is 2. The summed E-state index contributed by atoms with van der Waals surface area (Å²) in [6, 6.07) is 24.3. The van der Waals surface area contributed by atoms with E-state index in [4.69, 9.17) is 28.9 Å². The maximum Gasteiger partial charge on any atom is 0.412 e. The number of amides is 2. The highest BCUT2D eigenvalue weighted by atomic mass is 16.7. The molecule has 0 spiro atoms. The first-order valence-corrected chi connectivity index (χ1v) is 24.6. The van der Waals surface area contributed by atoms with Crippen molar-refractivity contribution in [2.75, 3.05) is 46.2 Å². The average molecular weight is 922 g/mol. The lowest BCUT2D eigenvalue weighted by atomic mass is 9.55. The molecule has 3 aliphatic carbocycles. The van der Waals surface area contributed by atoms with Crippen molar-refractivity contribution in [1.29, 1.82) is 0 Å². The molecule has 4 aliphatic rings. The number of aliphatic hydroxyl groups is 3. The summed E-state index contributed by atoms with van der Waals surface area (Å²) in [5.74, 6) is -0.894. The molecule has 6 atom stereocenters. The third kappa shape index (κ3) is 12.7. The van der Waals surface area contributed by atoms with Gasteiger partial charge in [0.05, 0.1) is 38.1 Å². The van der Waals surface area contributed by atoms with Gasteiger partial charge >= 0.3 is 6.09 Å². The molecule has 4 N–H and O–H groups in total. The Labute approximate surface area is 396 Å². The summed E-state index contributed by atoms with van der Waals surface area (Å²) in [6.45, 7) is 5.29. The van der Waals surface area contributed by atoms with Gasteiger partial charge in [-0.2, -0.15) is 0 Å². The van der Waals surface area contributed by atoms with Crippen LogP contribution < -0.4 is 14.8 Å². The molecule has 3 aromatic rings. The van der Waals surface area contributed by atoms with Gasteiger partial charge in [0.1, 0.15) is 24.1 Å². The first kappa shape index (κ1) is 49.8. The third-order valence-corrected chi connectivity index (χ3v) is 14.0. The maximum atomic E-state index is 15.0. The van der Waals surface area contributed by atoms with Crippen molar-refractivity contribution in [2.45, 2.75) is 114 Å². The third-order valence-electron chi connectivity index (χ3n) is 14.0. The molecular formula is C54H71N3O10. The van der Waals surface area contributed by atoms with Crippen LogP contribution >= 0.6 is 0 Å². The maximum absolute atomic E-state index is 15.0. The molecule has 13 heteroatoms. The van der Waals surface area contributed by atoms with E-state index in [9.17, 15) is 24.9 Å². The van der Waals surface area contributed by atoms with Gasteiger partial charge in [0, 0.05) is 50.6 Å². The van der Waals surface area contributed by atoms with Gasteiger partial charge in [-0.15, -0.1) is 6.58 Å². The van der Waals surface area contributed by atoms with Gasteiger partial charge in [-0.05, 0) is 84.8 Å². The number of nitrogens with one attached hydrogen (secondary N) is 1. The number of nitrogens with zero attached hydrogens (tertiary/aromatic N) is 2. The summed E-state index contributed by atoms with van der Waals surface area (Å²) >= 11 is 0. The van der Waals surface area contributed by atoms with Crippen LogP contribution in [0, 0.1) is 23.7 Å². The molecule has 13 nitrogen and oxygen atoms in total. The molecule has 0 unspecified atom stereocenters. The highest BCUT2D eigenvalue weighted by molar-refractivity contribution is 6.03. The van der Waals surface area contributed by atoms with Crippen molar-refractivity contribution >= 4 is 17.7 Å². The Morgan fingerprint density at radius 1 is 0.881 bits per heavy atom. The first-order chi connectivity index (χ1) is 32.9. The molecule has 2 amide bonds. The second-order valence-corrected chi connectivity index (χ2v) is 18.4. The lowest BCUT2D eigenvalue weighted by Crippen LogP contribution is -2.70. The van der Waals surface area contributed by atoms with Crippen LogP contribution in [0.15, 0.2) is 108 Å². The van der Waals surface area contributed by atoms with E-state index in [0.717, 1.165) is 67.2 Å². The topological polar surface area (TPSA) is 169 Å². The van der Waals surface area contributed by atoms with Gasteiger partial charge < -0.3 is 49.3 Å². The van der Waals surface area contributed by atoms with Crippen molar-refractivity contribution in [3.63, 3.8) is 0 Å². The summed E-state index contributed by atoms with van der Waals surface area (Å²) in [4.78, 5) is 36.5. The van der Waals surface area contributed by atoms with Crippen LogP contribution in [0.1, 0.15) is 106 Å². The Morgan fingerprint density at radius 2 is 1.61 bits per heavy atom. The fraction of sp³-hybridized carbons (Fsp3) is 0.537. The molecule has 2 saturated carbocycles. The van der Waals surface area contributed by atoms with Gasteiger partial charge in [0.2, 0.25) is 11.7 Å². The fourth-order valence-corrected chi connectivity index (χ4v) is 10.9. The summed E-state index contributed by atoms with van der Waals surface area (Å²) in [6.07, 6.45) is 13.8. The molecule has 0 aromatic heterocycles. The summed E-state index contributed by atoms with van der Waals surface area (Å²) < 4.78 is 26.4. The summed E-state index contributed by atoms with van der Waals surface area (Å²) in [5.41, 5.74) is 4.36. The van der Waals surface area contributed by atoms with Crippen LogP contribution in [-0.2, 0) is 32.3 Å². The second kappa shape index (κ2) is 25.4. The number of oxime groups is 1. The lowest BCUT2D eigenvalue weighted by molar-refractivity contribution is -0.258. The largest absolute Gasteiger partial charge is 0.459 e. The van der Waals surface area contributed by atoms with E-state index >= 15 is 0 Å². The minimum Gasteiger partial charge on any atom is -0.459 e. The van der Waals surface area contributed by atoms with Crippen LogP contribution in [0.3, 0.4) is 0 Å². The quantitative estimate of drug-likeness (QED) is 0.0348. The Hall–Kier alpha value is -5.05. The monoisotopic (exact) mass is 922 g/mol. The van der Waals surface area contributed by atoms with Crippen molar-refractivity contribution in [3.05, 3.63) is 120 Å². The number of allylic oxidation sites excluding steroid dienone is 1. The van der Waals surface area contributed by atoms with Gasteiger partial charge in [-0.25, -0.2) is 4.79 Å². The Kier molecular flexibility index (Phi) is 18.9. The molecule has 0 radical (unpaired) electrons. The summed E-state index contributed by atoms with van der Waals surface area (Å²) in [5, 5.41) is 37.5. The van der Waals surface area contributed by atoms with Crippen molar-refractivity contribution in [3.8, 4) is 11.5 Å². The number of hydrogen-bond acceptors (Lipinski definition) is 11. The van der Waals surface area contributed by atoms with Crippen LogP contribution in [0.5, 0.6) is 11.5 Å². The molecule has 362 valence electrons. The fourth-order valence-electron chi connectivity index (χ4n) is 10.9. The van der Waals surface area contributed by atoms with Gasteiger partial charge in [-0.3, -0.25) is 4.79 Å². The highest BCUT2D eigenvalue weighted by Gasteiger charge is 2.65. The number of rotatable bonds is 26. The Bertz CT molecular complexity index is 2090. The Balaban J connectivity index is 1.37. The van der Waals surface area contributed by atoms with E-state index in [1.807, 2.05) is 77.7 Å². The highest BCUT2D eigenvalue weighted by Crippen LogP contribution is 2.62. The van der Waals surface area contributed by atoms with Crippen molar-refractivity contribution in [1.82, 2.24) is 10.2 Å². The molecule has 3 aromatic carbocycles. The number of hydrogen-bond donors (Lipinski definition) is 4. The standard InChI is InChI=1S/C54H71N3O10/c1-2-31-64-54-49(57(27-32-63-33-30-60)50(61)26-23-39-15-9-10-16-39)36-47(56-65-38-41-19-7-4-8-20-41)45-34-42(21-11-13-28-58)44(22-12-14-29-59)51(52(45)54)46-35-43(24-25-48(46)67-54)66-53(62)55-37-40-17-5-3-6-18-40/h2-8,17-20,24-25,34-35,39,42,44,49,51-52,58-60H,1,9-16,21-23,26-33,36-38H2,(H,55,62)/t42-,44+,49-,51+,52+,54+/m0/s1. The van der Waals surface area contributed by atoms with Crippen LogP contribution in [0.2, 0.25) is 0 Å². The predicted molar refractivity (Wildman–Crippen MR) is 256 cm³/mol. The zero-order chi connectivity index (χ0) is 46.9. The Morgan fingerprint density at radius 3 is 2.33 bits per heavy atom. The molecule has 0 saturated heterocycles. The van der Waals surface area contributed by atoms with Crippen LogP contribution in [0.4, 0.5) is 4.79 Å². The number of carbonyl (C=O) groups excluding carboxylic acids is 2. The zero-order valence-electron chi connectivity index (χ0n) is 39.0. The number of unbranched alkanes of at least 4 members (excludes halogenated alkanes) is 2. The normalized spacial score (nSPS) is 23.7. The van der Waals surface area contributed by atoms with Gasteiger partial charge in [0.15, 0.2) is 0 Å². The minimum atomic E-state index is -1.45. The number of benzene rings is 3. The van der Waals surface area contributed by atoms with Crippen LogP contribution in [0.25, 0.3) is 0 Å². The van der Waals surface area contributed by atoms with Crippen molar-refractivity contribution < 1.29 is 48.7 Å².